The molecule has 6 nitrogen and oxygen atoms in total. The van der Waals surface area contributed by atoms with Crippen molar-refractivity contribution in [2.75, 3.05) is 0 Å². The van der Waals surface area contributed by atoms with Crippen molar-refractivity contribution in [1.29, 1.82) is 0 Å². The molecule has 0 spiro atoms. The molecule has 0 aliphatic carbocycles. The molecule has 0 bridgehead atoms. The second-order valence-electron chi connectivity index (χ2n) is 5.54. The fraction of sp³-hybridized carbons (Fsp3) is 0.286. The number of allylic oxidation sites excluding steroid dienone is 3. The summed E-state index contributed by atoms with van der Waals surface area (Å²) in [6, 6.07) is 4.16. The number of ether oxygens (including phenoxy) is 3. The summed E-state index contributed by atoms with van der Waals surface area (Å²) in [5.41, 5.74) is 0. The number of esters is 3. The lowest BCUT2D eigenvalue weighted by Gasteiger charge is -2.11. The van der Waals surface area contributed by atoms with Gasteiger partial charge in [-0.3, -0.25) is 14.4 Å². The first-order chi connectivity index (χ1) is 13.0. The Morgan fingerprint density at radius 1 is 0.630 bits per heavy atom. The van der Waals surface area contributed by atoms with Crippen LogP contribution in [-0.2, 0) is 14.4 Å². The van der Waals surface area contributed by atoms with Crippen molar-refractivity contribution in [2.24, 2.45) is 0 Å². The molecule has 0 N–H and O–H groups in total. The smallest absolute Gasteiger partial charge is 0.311 e. The highest BCUT2D eigenvalue weighted by molar-refractivity contribution is 5.76. The molecule has 6 heteroatoms. The summed E-state index contributed by atoms with van der Waals surface area (Å²) in [6.45, 7) is 10.6. The van der Waals surface area contributed by atoms with Gasteiger partial charge in [-0.1, -0.05) is 18.2 Å². The Bertz CT molecular complexity index is 597. The van der Waals surface area contributed by atoms with E-state index in [-0.39, 0.29) is 36.5 Å². The number of hydrogen-bond acceptors (Lipinski definition) is 6. The van der Waals surface area contributed by atoms with Crippen molar-refractivity contribution < 1.29 is 28.6 Å². The Labute approximate surface area is 159 Å². The van der Waals surface area contributed by atoms with Gasteiger partial charge in [-0.15, -0.1) is 19.7 Å². The molecule has 0 aliphatic rings. The monoisotopic (exact) mass is 372 g/mol. The molecule has 0 heterocycles. The summed E-state index contributed by atoms with van der Waals surface area (Å²) < 4.78 is 15.7. The first-order valence-corrected chi connectivity index (χ1v) is 8.58. The quantitative estimate of drug-likeness (QED) is 0.309. The Morgan fingerprint density at radius 3 is 1.11 bits per heavy atom. The normalized spacial score (nSPS) is 9.78. The molecule has 144 valence electrons. The zero-order chi connectivity index (χ0) is 20.1. The van der Waals surface area contributed by atoms with Gasteiger partial charge in [0.15, 0.2) is 0 Å². The fourth-order valence-electron chi connectivity index (χ4n) is 1.93. The van der Waals surface area contributed by atoms with Gasteiger partial charge in [-0.2, -0.15) is 0 Å². The van der Waals surface area contributed by atoms with Crippen LogP contribution in [0.4, 0.5) is 0 Å². The Morgan fingerprint density at radius 2 is 0.889 bits per heavy atom. The van der Waals surface area contributed by atoms with E-state index in [1.54, 1.807) is 18.2 Å². The zero-order valence-electron chi connectivity index (χ0n) is 15.3. The van der Waals surface area contributed by atoms with Crippen LogP contribution in [0.3, 0.4) is 0 Å². The van der Waals surface area contributed by atoms with Gasteiger partial charge in [0.2, 0.25) is 0 Å². The van der Waals surface area contributed by atoms with E-state index < -0.39 is 17.9 Å². The lowest BCUT2D eigenvalue weighted by molar-refractivity contribution is -0.134. The highest BCUT2D eigenvalue weighted by Gasteiger charge is 2.13. The molecule has 0 saturated carbocycles. The average Bonchev–Trinajstić information content (AvgIpc) is 2.62. The molecule has 1 aromatic carbocycles. The second kappa shape index (κ2) is 12.2. The van der Waals surface area contributed by atoms with Crippen LogP contribution < -0.4 is 14.2 Å². The van der Waals surface area contributed by atoms with E-state index in [2.05, 4.69) is 19.7 Å². The molecule has 0 saturated heterocycles. The van der Waals surface area contributed by atoms with Gasteiger partial charge in [-0.05, 0) is 19.3 Å². The summed E-state index contributed by atoms with van der Waals surface area (Å²) in [5.74, 6) is -1.09. The van der Waals surface area contributed by atoms with Crippen molar-refractivity contribution in [2.45, 2.75) is 38.5 Å². The number of carbonyl (C=O) groups excluding carboxylic acids is 3. The van der Waals surface area contributed by atoms with E-state index in [9.17, 15) is 14.4 Å². The molecule has 0 radical (unpaired) electrons. The lowest BCUT2D eigenvalue weighted by atomic mass is 10.2. The van der Waals surface area contributed by atoms with Crippen LogP contribution in [0.15, 0.2) is 56.2 Å². The summed E-state index contributed by atoms with van der Waals surface area (Å²) in [5, 5.41) is 0. The maximum atomic E-state index is 11.8. The van der Waals surface area contributed by atoms with E-state index in [1.807, 2.05) is 0 Å². The number of carbonyl (C=O) groups is 3. The van der Waals surface area contributed by atoms with E-state index in [4.69, 9.17) is 14.2 Å². The van der Waals surface area contributed by atoms with Crippen LogP contribution in [0.2, 0.25) is 0 Å². The number of hydrogen-bond donors (Lipinski definition) is 0. The predicted molar refractivity (Wildman–Crippen MR) is 102 cm³/mol. The third-order valence-corrected chi connectivity index (χ3v) is 3.21. The lowest BCUT2D eigenvalue weighted by Crippen LogP contribution is -2.11. The maximum absolute atomic E-state index is 11.8. The third kappa shape index (κ3) is 9.21. The molecular weight excluding hydrogens is 348 g/mol. The summed E-state index contributed by atoms with van der Waals surface area (Å²) in [4.78, 5) is 35.4. The third-order valence-electron chi connectivity index (χ3n) is 3.21. The molecule has 0 fully saturated rings. The van der Waals surface area contributed by atoms with Gasteiger partial charge in [0.25, 0.3) is 0 Å². The molecule has 0 atom stereocenters. The molecule has 0 unspecified atom stereocenters. The van der Waals surface area contributed by atoms with Crippen molar-refractivity contribution in [3.8, 4) is 17.2 Å². The predicted octanol–water partition coefficient (Wildman–Crippen LogP) is 4.30. The minimum absolute atomic E-state index is 0.115. The minimum Gasteiger partial charge on any atom is -0.426 e. The van der Waals surface area contributed by atoms with Crippen LogP contribution in [0.5, 0.6) is 17.2 Å². The minimum atomic E-state index is -0.478. The van der Waals surface area contributed by atoms with Gasteiger partial charge in [0.05, 0.1) is 0 Å². The molecule has 1 aromatic rings. The van der Waals surface area contributed by atoms with E-state index in [1.165, 1.54) is 18.2 Å². The van der Waals surface area contributed by atoms with Gasteiger partial charge in [0.1, 0.15) is 17.2 Å². The number of benzene rings is 1. The Balaban J connectivity index is 2.95. The van der Waals surface area contributed by atoms with Crippen molar-refractivity contribution >= 4 is 17.9 Å². The molecule has 0 aromatic heterocycles. The first kappa shape index (κ1) is 21.9. The van der Waals surface area contributed by atoms with Gasteiger partial charge in [0, 0.05) is 37.5 Å². The van der Waals surface area contributed by atoms with Gasteiger partial charge < -0.3 is 14.2 Å². The summed E-state index contributed by atoms with van der Waals surface area (Å²) in [7, 11) is 0. The van der Waals surface area contributed by atoms with Crippen molar-refractivity contribution in [3.63, 3.8) is 0 Å². The van der Waals surface area contributed by atoms with E-state index >= 15 is 0 Å². The highest BCUT2D eigenvalue weighted by atomic mass is 16.6. The van der Waals surface area contributed by atoms with E-state index in [0.717, 1.165) is 0 Å². The maximum Gasteiger partial charge on any atom is 0.311 e. The molecule has 27 heavy (non-hydrogen) atoms. The molecule has 1 rings (SSSR count). The van der Waals surface area contributed by atoms with Crippen LogP contribution in [0.1, 0.15) is 38.5 Å². The summed E-state index contributed by atoms with van der Waals surface area (Å²) >= 11 is 0. The van der Waals surface area contributed by atoms with Gasteiger partial charge >= 0.3 is 17.9 Å². The number of rotatable bonds is 12. The molecule has 0 aliphatic heterocycles. The zero-order valence-corrected chi connectivity index (χ0v) is 15.3. The summed E-state index contributed by atoms with van der Waals surface area (Å²) in [6.07, 6.45) is 6.68. The second-order valence-corrected chi connectivity index (χ2v) is 5.54. The van der Waals surface area contributed by atoms with Crippen LogP contribution in [0.25, 0.3) is 0 Å². The first-order valence-electron chi connectivity index (χ1n) is 8.58. The van der Waals surface area contributed by atoms with Crippen LogP contribution >= 0.6 is 0 Å². The van der Waals surface area contributed by atoms with Crippen LogP contribution in [-0.4, -0.2) is 17.9 Å². The molecular formula is C21H24O6. The largest absolute Gasteiger partial charge is 0.426 e. The fourth-order valence-corrected chi connectivity index (χ4v) is 1.93. The SMILES string of the molecule is C=CCCC(=O)Oc1cc(OC(=O)CCC=C)cc(OC(=O)CCC=C)c1. The standard InChI is InChI=1S/C21H24O6/c1-4-7-10-19(22)25-16-13-17(26-20(23)11-8-5-2)15-18(14-16)27-21(24)12-9-6-3/h4-6,13-15H,1-3,7-12H2. The van der Waals surface area contributed by atoms with E-state index in [0.29, 0.717) is 19.3 Å². The highest BCUT2D eigenvalue weighted by Crippen LogP contribution is 2.29. The Kier molecular flexibility index (Phi) is 9.93. The van der Waals surface area contributed by atoms with Gasteiger partial charge in [-0.25, -0.2) is 0 Å². The Hall–Kier alpha value is -3.15. The average molecular weight is 372 g/mol. The molecule has 0 amide bonds. The van der Waals surface area contributed by atoms with Crippen LogP contribution in [0, 0.1) is 0 Å². The van der Waals surface area contributed by atoms with Crippen molar-refractivity contribution in [3.05, 3.63) is 56.2 Å². The van der Waals surface area contributed by atoms with Crippen molar-refractivity contribution in [1.82, 2.24) is 0 Å². The topological polar surface area (TPSA) is 78.9 Å².